The minimum Gasteiger partial charge on any atom is -0.444 e. The lowest BCUT2D eigenvalue weighted by Crippen LogP contribution is -2.40. The third-order valence-corrected chi connectivity index (χ3v) is 7.15. The first-order valence-corrected chi connectivity index (χ1v) is 13.4. The highest BCUT2D eigenvalue weighted by atomic mass is 35.5. The Balaban J connectivity index is 0.00000196. The van der Waals surface area contributed by atoms with Crippen LogP contribution in [-0.4, -0.2) is 55.3 Å². The van der Waals surface area contributed by atoms with Crippen molar-refractivity contribution in [3.63, 3.8) is 0 Å². The number of likely N-dealkylation sites (tertiary alicyclic amines) is 1. The molecule has 0 unspecified atom stereocenters. The van der Waals surface area contributed by atoms with E-state index in [4.69, 9.17) is 9.72 Å². The van der Waals surface area contributed by atoms with Gasteiger partial charge in [0, 0.05) is 36.8 Å². The van der Waals surface area contributed by atoms with Crippen molar-refractivity contribution >= 4 is 59.9 Å². The summed E-state index contributed by atoms with van der Waals surface area (Å²) in [7, 11) is 0. The van der Waals surface area contributed by atoms with E-state index in [2.05, 4.69) is 84.6 Å². The third kappa shape index (κ3) is 7.60. The van der Waals surface area contributed by atoms with E-state index < -0.39 is 5.60 Å². The van der Waals surface area contributed by atoms with Crippen molar-refractivity contribution in [3.05, 3.63) is 59.8 Å². The topological polar surface area (TPSA) is 84.7 Å². The summed E-state index contributed by atoms with van der Waals surface area (Å²) in [6.07, 6.45) is 2.65. The van der Waals surface area contributed by atoms with E-state index in [-0.39, 0.29) is 60.8 Å². The molecule has 0 aliphatic carbocycles. The van der Waals surface area contributed by atoms with Gasteiger partial charge in [-0.25, -0.2) is 9.78 Å². The molecule has 0 bridgehead atoms. The molecule has 1 saturated heterocycles. The lowest BCUT2D eigenvalue weighted by Gasteiger charge is -2.25. The number of benzene rings is 1. The molecule has 4 aromatic rings. The number of alkyl carbamates (subject to hydrolysis) is 1. The van der Waals surface area contributed by atoms with Crippen LogP contribution < -0.4 is 5.32 Å². The van der Waals surface area contributed by atoms with Crippen molar-refractivity contribution in [2.24, 2.45) is 0 Å². The second kappa shape index (κ2) is 13.1. The normalized spacial score (nSPS) is 16.4. The lowest BCUT2D eigenvalue weighted by molar-refractivity contribution is 0.0504. The molecule has 1 aliphatic rings. The summed E-state index contributed by atoms with van der Waals surface area (Å²) in [5, 5.41) is 13.1. The number of carbonyl (C=O) groups excluding carboxylic acids is 1. The van der Waals surface area contributed by atoms with Crippen LogP contribution in [-0.2, 0) is 10.2 Å². The van der Waals surface area contributed by atoms with Gasteiger partial charge in [-0.05, 0) is 62.8 Å². The molecular formula is C30H41Cl3N6O2. The van der Waals surface area contributed by atoms with Gasteiger partial charge in [-0.15, -0.1) is 47.4 Å². The molecule has 2 atom stereocenters. The number of halogens is 3. The fraction of sp³-hybridized carbons (Fsp3) is 0.467. The van der Waals surface area contributed by atoms with Crippen LogP contribution >= 0.6 is 37.2 Å². The Morgan fingerprint density at radius 3 is 2.41 bits per heavy atom. The van der Waals surface area contributed by atoms with Gasteiger partial charge in [0.25, 0.3) is 0 Å². The minimum atomic E-state index is -0.504. The van der Waals surface area contributed by atoms with Crippen LogP contribution in [0.1, 0.15) is 72.1 Å². The molecule has 4 heterocycles. The highest BCUT2D eigenvalue weighted by Crippen LogP contribution is 2.31. The zero-order valence-corrected chi connectivity index (χ0v) is 27.1. The van der Waals surface area contributed by atoms with Crippen molar-refractivity contribution in [2.75, 3.05) is 13.1 Å². The van der Waals surface area contributed by atoms with Crippen LogP contribution in [0.5, 0.6) is 0 Å². The fourth-order valence-electron chi connectivity index (χ4n) is 5.15. The molecule has 11 heteroatoms. The van der Waals surface area contributed by atoms with E-state index in [1.54, 1.807) is 0 Å². The summed E-state index contributed by atoms with van der Waals surface area (Å²) >= 11 is 0. The molecule has 3 aromatic heterocycles. The lowest BCUT2D eigenvalue weighted by atomic mass is 9.85. The van der Waals surface area contributed by atoms with Crippen LogP contribution in [0, 0.1) is 0 Å². The molecule has 1 amide bonds. The average molecular weight is 624 g/mol. The molecule has 1 aliphatic heterocycles. The number of hydrogen-bond acceptors (Lipinski definition) is 6. The summed E-state index contributed by atoms with van der Waals surface area (Å²) < 4.78 is 7.47. The van der Waals surface area contributed by atoms with Gasteiger partial charge < -0.3 is 10.1 Å². The van der Waals surface area contributed by atoms with Crippen LogP contribution in [0.4, 0.5) is 4.79 Å². The Morgan fingerprint density at radius 1 is 1.00 bits per heavy atom. The number of rotatable bonds is 4. The largest absolute Gasteiger partial charge is 0.444 e. The van der Waals surface area contributed by atoms with Crippen molar-refractivity contribution < 1.29 is 9.53 Å². The molecule has 0 spiro atoms. The van der Waals surface area contributed by atoms with E-state index in [1.807, 2.05) is 37.3 Å². The predicted molar refractivity (Wildman–Crippen MR) is 172 cm³/mol. The smallest absolute Gasteiger partial charge is 0.407 e. The number of nitrogens with zero attached hydrogens (tertiary/aromatic N) is 5. The van der Waals surface area contributed by atoms with Crippen LogP contribution in [0.2, 0.25) is 0 Å². The maximum atomic E-state index is 12.2. The maximum Gasteiger partial charge on any atom is 0.407 e. The van der Waals surface area contributed by atoms with E-state index in [0.717, 1.165) is 53.1 Å². The van der Waals surface area contributed by atoms with Crippen molar-refractivity contribution in [3.8, 4) is 11.5 Å². The Hall–Kier alpha value is -2.65. The van der Waals surface area contributed by atoms with Gasteiger partial charge in [0.05, 0.1) is 5.52 Å². The fourth-order valence-corrected chi connectivity index (χ4v) is 5.15. The highest BCUT2D eigenvalue weighted by molar-refractivity contribution is 5.86. The number of fused-ring (bicyclic) bond motifs is 2. The first kappa shape index (κ1) is 34.6. The van der Waals surface area contributed by atoms with Gasteiger partial charge in [0.1, 0.15) is 11.3 Å². The summed E-state index contributed by atoms with van der Waals surface area (Å²) in [6, 6.07) is 14.8. The number of para-hydroxylation sites is 1. The summed E-state index contributed by atoms with van der Waals surface area (Å²) in [5.41, 5.74) is 4.43. The third-order valence-electron chi connectivity index (χ3n) is 7.15. The molecule has 224 valence electrons. The molecular weight excluding hydrogens is 583 g/mol. The Labute approximate surface area is 260 Å². The second-order valence-corrected chi connectivity index (χ2v) is 12.3. The molecule has 5 rings (SSSR count). The summed E-state index contributed by atoms with van der Waals surface area (Å²) in [4.78, 5) is 19.7. The zero-order valence-electron chi connectivity index (χ0n) is 24.7. The summed E-state index contributed by atoms with van der Waals surface area (Å²) in [6.45, 7) is 16.1. The predicted octanol–water partition coefficient (Wildman–Crippen LogP) is 7.17. The van der Waals surface area contributed by atoms with Gasteiger partial charge in [-0.2, -0.15) is 0 Å². The molecule has 41 heavy (non-hydrogen) atoms. The monoisotopic (exact) mass is 622 g/mol. The Bertz CT molecular complexity index is 1500. The van der Waals surface area contributed by atoms with E-state index >= 15 is 0 Å². The van der Waals surface area contributed by atoms with E-state index in [0.29, 0.717) is 0 Å². The number of carbonyl (C=O) groups is 1. The minimum absolute atomic E-state index is 0. The van der Waals surface area contributed by atoms with Gasteiger partial charge in [0.15, 0.2) is 11.5 Å². The number of pyridine rings is 2. The Morgan fingerprint density at radius 2 is 1.73 bits per heavy atom. The van der Waals surface area contributed by atoms with Gasteiger partial charge in [-0.3, -0.25) is 9.30 Å². The van der Waals surface area contributed by atoms with Crippen LogP contribution in [0.3, 0.4) is 0 Å². The molecule has 0 saturated carbocycles. The number of amides is 1. The molecule has 1 fully saturated rings. The first-order chi connectivity index (χ1) is 17.9. The van der Waals surface area contributed by atoms with Crippen LogP contribution in [0.25, 0.3) is 28.1 Å². The molecule has 1 aromatic carbocycles. The van der Waals surface area contributed by atoms with Crippen molar-refractivity contribution in [1.82, 2.24) is 29.8 Å². The second-order valence-electron chi connectivity index (χ2n) is 12.3. The molecule has 1 N–H and O–H groups in total. The maximum absolute atomic E-state index is 12.2. The van der Waals surface area contributed by atoms with E-state index in [1.165, 1.54) is 5.56 Å². The number of nitrogens with one attached hydrogen (secondary N) is 1. The highest BCUT2D eigenvalue weighted by Gasteiger charge is 2.29. The summed E-state index contributed by atoms with van der Waals surface area (Å²) in [5.74, 6) is 0.727. The quantitative estimate of drug-likeness (QED) is 0.260. The zero-order chi connectivity index (χ0) is 27.2. The molecule has 0 radical (unpaired) electrons. The van der Waals surface area contributed by atoms with Gasteiger partial charge in [0.2, 0.25) is 0 Å². The van der Waals surface area contributed by atoms with Gasteiger partial charge >= 0.3 is 6.09 Å². The van der Waals surface area contributed by atoms with Crippen LogP contribution in [0.15, 0.2) is 48.7 Å². The Kier molecular flexibility index (Phi) is 11.0. The average Bonchev–Trinajstić information content (AvgIpc) is 3.47. The van der Waals surface area contributed by atoms with Gasteiger partial charge in [-0.1, -0.05) is 51.1 Å². The SMILES string of the molecule is C[C@@H](c1ccc2nnc(-c3ccc4cccc(C(C)(C)C)c4n3)n2c1)N1CC[C@H](NC(=O)OC(C)(C)C)C1.Cl.Cl.Cl. The standard InChI is InChI=1S/C30H38N6O2.3ClH/c1-19(35-16-15-22(18-35)31-28(37)38-30(5,6)7)21-12-14-25-33-34-27(36(25)17-21)24-13-11-20-9-8-10-23(26(20)32-24)29(2,3)4;;;/h8-14,17,19,22H,15-16,18H2,1-7H3,(H,31,37);3*1H/t19-,22-;;;/m0.../s1. The van der Waals surface area contributed by atoms with Crippen molar-refractivity contribution in [1.29, 1.82) is 0 Å². The molecule has 8 nitrogen and oxygen atoms in total. The van der Waals surface area contributed by atoms with E-state index in [9.17, 15) is 4.79 Å². The van der Waals surface area contributed by atoms with Crippen molar-refractivity contribution in [2.45, 2.75) is 78.0 Å². The first-order valence-electron chi connectivity index (χ1n) is 13.4. The number of ether oxygens (including phenoxy) is 1. The number of aromatic nitrogens is 4. The number of hydrogen-bond donors (Lipinski definition) is 1.